The molecular weight excluding hydrogens is 390 g/mol. The maximum atomic E-state index is 15.8. The highest BCUT2D eigenvalue weighted by atomic mass is 19.3. The molecule has 0 amide bonds. The summed E-state index contributed by atoms with van der Waals surface area (Å²) in [7, 11) is 0. The smallest absolute Gasteiger partial charge is 0.200 e. The maximum absolute atomic E-state index is 15.8. The monoisotopic (exact) mass is 414 g/mol. The van der Waals surface area contributed by atoms with Crippen LogP contribution in [0, 0.1) is 0 Å². The third kappa shape index (κ3) is 2.89. The second-order valence-electron chi connectivity index (χ2n) is 7.66. The summed E-state index contributed by atoms with van der Waals surface area (Å²) < 4.78 is 89.7. The highest BCUT2D eigenvalue weighted by Gasteiger charge is 2.78. The summed E-state index contributed by atoms with van der Waals surface area (Å²) in [5.74, 6) is -15.3. The second kappa shape index (κ2) is 7.37. The lowest BCUT2D eigenvalue weighted by Crippen LogP contribution is -2.63. The number of fused-ring (bicyclic) bond motifs is 3. The van der Waals surface area contributed by atoms with Crippen LogP contribution in [0.2, 0.25) is 0 Å². The molecule has 0 radical (unpaired) electrons. The van der Waals surface area contributed by atoms with Crippen molar-refractivity contribution in [3.05, 3.63) is 59.7 Å². The number of rotatable bonds is 8. The molecule has 0 aromatic heterocycles. The Hall–Kier alpha value is -1.98. The summed E-state index contributed by atoms with van der Waals surface area (Å²) in [5.41, 5.74) is -1.73. The van der Waals surface area contributed by atoms with Crippen molar-refractivity contribution in [1.82, 2.24) is 0 Å². The van der Waals surface area contributed by atoms with Crippen molar-refractivity contribution in [3.8, 4) is 11.1 Å². The molecule has 29 heavy (non-hydrogen) atoms. The number of hydrogen-bond donors (Lipinski definition) is 0. The van der Waals surface area contributed by atoms with Crippen LogP contribution in [0.5, 0.6) is 0 Å². The number of hydrogen-bond acceptors (Lipinski definition) is 0. The topological polar surface area (TPSA) is 0 Å². The minimum atomic E-state index is -5.51. The molecule has 0 saturated carbocycles. The Morgan fingerprint density at radius 3 is 1.66 bits per heavy atom. The quantitative estimate of drug-likeness (QED) is 0.305. The van der Waals surface area contributed by atoms with Crippen molar-refractivity contribution >= 4 is 0 Å². The van der Waals surface area contributed by atoms with Gasteiger partial charge in [-0.05, 0) is 28.7 Å². The van der Waals surface area contributed by atoms with Gasteiger partial charge in [0.2, 0.25) is 0 Å². The zero-order chi connectivity index (χ0) is 21.5. The van der Waals surface area contributed by atoms with Crippen LogP contribution in [-0.2, 0) is 5.41 Å². The van der Waals surface area contributed by atoms with Gasteiger partial charge < -0.3 is 0 Å². The molecule has 0 unspecified atom stereocenters. The number of unbranched alkanes of at least 4 members (excludes halogenated alkanes) is 2. The molecule has 1 aliphatic rings. The third-order valence-electron chi connectivity index (χ3n) is 6.05. The van der Waals surface area contributed by atoms with Gasteiger partial charge in [0.1, 0.15) is 0 Å². The van der Waals surface area contributed by atoms with E-state index in [0.717, 1.165) is 6.92 Å². The third-order valence-corrected chi connectivity index (χ3v) is 6.05. The largest absolute Gasteiger partial charge is 0.373 e. The Morgan fingerprint density at radius 1 is 0.724 bits per heavy atom. The van der Waals surface area contributed by atoms with Gasteiger partial charge in [0.15, 0.2) is 0 Å². The molecule has 0 N–H and O–H groups in total. The minimum absolute atomic E-state index is 0.00567. The maximum Gasteiger partial charge on any atom is 0.373 e. The zero-order valence-corrected chi connectivity index (χ0v) is 16.4. The fourth-order valence-electron chi connectivity index (χ4n) is 4.45. The normalized spacial score (nSPS) is 15.9. The van der Waals surface area contributed by atoms with Gasteiger partial charge in [-0.1, -0.05) is 81.6 Å². The second-order valence-corrected chi connectivity index (χ2v) is 7.66. The first kappa shape index (κ1) is 21.7. The summed E-state index contributed by atoms with van der Waals surface area (Å²) in [4.78, 5) is 0. The van der Waals surface area contributed by atoms with E-state index in [9.17, 15) is 17.6 Å². The van der Waals surface area contributed by atoms with E-state index in [1.807, 2.05) is 6.92 Å². The average molecular weight is 414 g/mol. The van der Waals surface area contributed by atoms with Crippen molar-refractivity contribution in [1.29, 1.82) is 0 Å². The van der Waals surface area contributed by atoms with E-state index in [1.54, 1.807) is 24.3 Å². The van der Waals surface area contributed by atoms with Gasteiger partial charge in [0.25, 0.3) is 0 Å². The van der Waals surface area contributed by atoms with Crippen molar-refractivity contribution in [3.63, 3.8) is 0 Å². The van der Waals surface area contributed by atoms with Gasteiger partial charge in [-0.15, -0.1) is 0 Å². The first-order valence-corrected chi connectivity index (χ1v) is 9.91. The van der Waals surface area contributed by atoms with Gasteiger partial charge in [0, 0.05) is 6.42 Å². The van der Waals surface area contributed by atoms with Crippen LogP contribution in [0.3, 0.4) is 0 Å². The van der Waals surface area contributed by atoms with Crippen molar-refractivity contribution in [2.24, 2.45) is 0 Å². The molecule has 158 valence electrons. The highest BCUT2D eigenvalue weighted by molar-refractivity contribution is 5.82. The molecule has 0 fully saturated rings. The first-order chi connectivity index (χ1) is 13.6. The Morgan fingerprint density at radius 2 is 1.21 bits per heavy atom. The van der Waals surface area contributed by atoms with Gasteiger partial charge in [-0.25, -0.2) is 0 Å². The summed E-state index contributed by atoms with van der Waals surface area (Å²) >= 11 is 0. The summed E-state index contributed by atoms with van der Waals surface area (Å²) in [6.45, 7) is 2.66. The van der Waals surface area contributed by atoms with E-state index in [-0.39, 0.29) is 24.0 Å². The Balaban J connectivity index is 2.33. The van der Waals surface area contributed by atoms with Crippen LogP contribution in [0.15, 0.2) is 48.5 Å². The minimum Gasteiger partial charge on any atom is -0.200 e. The highest BCUT2D eigenvalue weighted by Crippen LogP contribution is 2.64. The Bertz CT molecular complexity index is 826. The van der Waals surface area contributed by atoms with E-state index in [2.05, 4.69) is 0 Å². The molecule has 1 aliphatic carbocycles. The number of halogens is 6. The van der Waals surface area contributed by atoms with Crippen LogP contribution in [0.4, 0.5) is 26.3 Å². The Labute approximate surface area is 166 Å². The molecule has 6 heteroatoms. The standard InChI is InChI=1S/C23H24F6/c1-3-5-10-15-20(22(26,27)23(28,29)21(24,25)4-2)18-13-8-6-11-16(18)17-12-7-9-14-19(17)20/h6-9,11-14H,3-5,10,15H2,1-2H3. The van der Waals surface area contributed by atoms with Crippen LogP contribution < -0.4 is 0 Å². The van der Waals surface area contributed by atoms with Gasteiger partial charge >= 0.3 is 17.8 Å². The van der Waals surface area contributed by atoms with Gasteiger partial charge in [-0.3, -0.25) is 0 Å². The molecule has 0 heterocycles. The fraction of sp³-hybridized carbons (Fsp3) is 0.478. The number of benzene rings is 2. The predicted molar refractivity (Wildman–Crippen MR) is 102 cm³/mol. The fourth-order valence-corrected chi connectivity index (χ4v) is 4.45. The van der Waals surface area contributed by atoms with Crippen LogP contribution in [-0.4, -0.2) is 17.8 Å². The SMILES string of the molecule is CCCCCC1(C(F)(F)C(F)(F)C(F)(F)CC)c2ccccc2-c2ccccc21. The van der Waals surface area contributed by atoms with Gasteiger partial charge in [0.05, 0.1) is 5.41 Å². The molecule has 2 aromatic carbocycles. The van der Waals surface area contributed by atoms with Crippen LogP contribution in [0.25, 0.3) is 11.1 Å². The summed E-state index contributed by atoms with van der Waals surface area (Å²) in [6, 6.07) is 12.2. The lowest BCUT2D eigenvalue weighted by atomic mass is 9.66. The molecular formula is C23H24F6. The molecule has 0 nitrogen and oxygen atoms in total. The van der Waals surface area contributed by atoms with Crippen molar-refractivity contribution in [2.75, 3.05) is 0 Å². The van der Waals surface area contributed by atoms with E-state index in [4.69, 9.17) is 0 Å². The summed E-state index contributed by atoms with van der Waals surface area (Å²) in [6.07, 6.45) is -0.256. The first-order valence-electron chi connectivity index (χ1n) is 9.91. The molecule has 0 aliphatic heterocycles. The molecule has 0 atom stereocenters. The van der Waals surface area contributed by atoms with Crippen LogP contribution in [0.1, 0.15) is 57.1 Å². The lowest BCUT2D eigenvalue weighted by molar-refractivity contribution is -0.326. The van der Waals surface area contributed by atoms with Gasteiger partial charge in [-0.2, -0.15) is 26.3 Å². The average Bonchev–Trinajstić information content (AvgIpc) is 3.00. The van der Waals surface area contributed by atoms with E-state index in [1.165, 1.54) is 24.3 Å². The predicted octanol–water partition coefficient (Wildman–Crippen LogP) is 7.85. The molecule has 0 saturated heterocycles. The van der Waals surface area contributed by atoms with E-state index >= 15 is 8.78 Å². The van der Waals surface area contributed by atoms with Crippen molar-refractivity contribution in [2.45, 2.75) is 69.1 Å². The molecule has 2 aromatic rings. The van der Waals surface area contributed by atoms with E-state index < -0.39 is 29.6 Å². The summed E-state index contributed by atoms with van der Waals surface area (Å²) in [5, 5.41) is 0. The molecule has 0 spiro atoms. The van der Waals surface area contributed by atoms with Crippen molar-refractivity contribution < 1.29 is 26.3 Å². The van der Waals surface area contributed by atoms with E-state index in [0.29, 0.717) is 24.0 Å². The molecule has 3 rings (SSSR count). The lowest BCUT2D eigenvalue weighted by Gasteiger charge is -2.45. The van der Waals surface area contributed by atoms with Crippen LogP contribution >= 0.6 is 0 Å². The number of alkyl halides is 6. The Kier molecular flexibility index (Phi) is 5.52. The zero-order valence-electron chi connectivity index (χ0n) is 16.4. The molecule has 0 bridgehead atoms.